The van der Waals surface area contributed by atoms with E-state index in [1.54, 1.807) is 7.05 Å². The van der Waals surface area contributed by atoms with E-state index in [1.165, 1.54) is 16.4 Å². The first-order chi connectivity index (χ1) is 8.97. The molecule has 3 N–H and O–H groups in total. The number of H-pyrrole nitrogens is 1. The van der Waals surface area contributed by atoms with Crippen LogP contribution >= 0.6 is 11.8 Å². The predicted molar refractivity (Wildman–Crippen MR) is 75.2 cm³/mol. The summed E-state index contributed by atoms with van der Waals surface area (Å²) in [6, 6.07) is 7.52. The van der Waals surface area contributed by atoms with E-state index in [2.05, 4.69) is 10.1 Å². The summed E-state index contributed by atoms with van der Waals surface area (Å²) in [6.07, 6.45) is 0. The van der Waals surface area contributed by atoms with Gasteiger partial charge in [-0.25, -0.2) is 0 Å². The number of nitrogens with zero attached hydrogens (tertiary/aromatic N) is 2. The fourth-order valence-electron chi connectivity index (χ4n) is 1.60. The molecule has 0 bridgehead atoms. The summed E-state index contributed by atoms with van der Waals surface area (Å²) in [7, 11) is 1.64. The first-order valence-electron chi connectivity index (χ1n) is 5.67. The lowest BCUT2D eigenvalue weighted by Crippen LogP contribution is -2.33. The Kier molecular flexibility index (Phi) is 3.75. The van der Waals surface area contributed by atoms with Crippen molar-refractivity contribution in [1.82, 2.24) is 14.8 Å². The fourth-order valence-corrected chi connectivity index (χ4v) is 2.54. The van der Waals surface area contributed by atoms with Crippen molar-refractivity contribution >= 4 is 17.4 Å². The highest BCUT2D eigenvalue weighted by molar-refractivity contribution is 7.99. The molecule has 19 heavy (non-hydrogen) atoms. The van der Waals surface area contributed by atoms with Gasteiger partial charge in [0.25, 0.3) is 0 Å². The number of nitrogens with two attached hydrogens (primary N) is 1. The topological polar surface area (TPSA) is 93.8 Å². The van der Waals surface area contributed by atoms with Gasteiger partial charge in [-0.3, -0.25) is 19.4 Å². The van der Waals surface area contributed by atoms with Crippen LogP contribution in [0.3, 0.4) is 0 Å². The summed E-state index contributed by atoms with van der Waals surface area (Å²) in [6.45, 7) is 1.98. The quantitative estimate of drug-likeness (QED) is 0.494. The molecule has 1 atom stereocenters. The van der Waals surface area contributed by atoms with Gasteiger partial charge in [-0.2, -0.15) is 4.98 Å². The molecule has 1 heterocycles. The summed E-state index contributed by atoms with van der Waals surface area (Å²) >= 11 is 1.38. The van der Waals surface area contributed by atoms with Crippen LogP contribution < -0.4 is 16.9 Å². The lowest BCUT2D eigenvalue weighted by atomic mass is 10.1. The Balaban J connectivity index is 2.29. The number of benzene rings is 1. The molecule has 0 aliphatic rings. The van der Waals surface area contributed by atoms with Crippen LogP contribution in [-0.2, 0) is 7.05 Å². The van der Waals surface area contributed by atoms with E-state index in [1.807, 2.05) is 31.2 Å². The Morgan fingerprint density at radius 2 is 2.16 bits per heavy atom. The number of thioether (sulfide) groups is 1. The zero-order chi connectivity index (χ0) is 14.0. The minimum atomic E-state index is -0.777. The fraction of sp³-hybridized carbons (Fsp3) is 0.250. The number of hydrogen-bond donors (Lipinski definition) is 2. The first kappa shape index (κ1) is 13.4. The zero-order valence-electron chi connectivity index (χ0n) is 10.6. The molecule has 1 aromatic carbocycles. The van der Waals surface area contributed by atoms with Gasteiger partial charge in [-0.15, -0.1) is 0 Å². The normalized spacial score (nSPS) is 12.3. The first-order valence-corrected chi connectivity index (χ1v) is 6.55. The number of aromatic nitrogens is 3. The maximum Gasteiger partial charge on any atom is 0.339 e. The SMILES string of the molecule is CC(Sc1nc(=O)c(=O)[nH]n1C)c1cccc(N)c1. The molecular weight excluding hydrogens is 264 g/mol. The van der Waals surface area contributed by atoms with Crippen molar-refractivity contribution in [2.75, 3.05) is 5.73 Å². The molecule has 0 radical (unpaired) electrons. The molecule has 0 amide bonds. The second kappa shape index (κ2) is 5.31. The summed E-state index contributed by atoms with van der Waals surface area (Å²) in [5.41, 5.74) is 5.96. The smallest absolute Gasteiger partial charge is 0.339 e. The summed E-state index contributed by atoms with van der Waals surface area (Å²) in [4.78, 5) is 26.1. The van der Waals surface area contributed by atoms with E-state index in [9.17, 15) is 9.59 Å². The number of anilines is 1. The van der Waals surface area contributed by atoms with Crippen molar-refractivity contribution < 1.29 is 0 Å². The third kappa shape index (κ3) is 3.05. The van der Waals surface area contributed by atoms with Crippen LogP contribution in [0.4, 0.5) is 5.69 Å². The van der Waals surface area contributed by atoms with Crippen molar-refractivity contribution in [3.8, 4) is 0 Å². The Hall–Kier alpha value is -2.02. The molecule has 2 aromatic rings. The van der Waals surface area contributed by atoms with Crippen LogP contribution in [0.2, 0.25) is 0 Å². The van der Waals surface area contributed by atoms with E-state index in [0.29, 0.717) is 10.8 Å². The molecule has 6 nitrogen and oxygen atoms in total. The maximum absolute atomic E-state index is 11.3. The Morgan fingerprint density at radius 3 is 2.84 bits per heavy atom. The average molecular weight is 278 g/mol. The van der Waals surface area contributed by atoms with E-state index in [0.717, 1.165) is 5.56 Å². The lowest BCUT2D eigenvalue weighted by molar-refractivity contribution is 0.595. The molecule has 0 spiro atoms. The largest absolute Gasteiger partial charge is 0.399 e. The molecule has 7 heteroatoms. The Labute approximate surface area is 113 Å². The van der Waals surface area contributed by atoms with Gasteiger partial charge in [0, 0.05) is 18.0 Å². The molecule has 0 fully saturated rings. The zero-order valence-corrected chi connectivity index (χ0v) is 11.4. The molecule has 1 aromatic heterocycles. The second-order valence-corrected chi connectivity index (χ2v) is 5.44. The molecular formula is C12H14N4O2S. The van der Waals surface area contributed by atoms with Crippen LogP contribution in [0, 0.1) is 0 Å². The molecule has 100 valence electrons. The highest BCUT2D eigenvalue weighted by Gasteiger charge is 2.12. The van der Waals surface area contributed by atoms with Gasteiger partial charge in [0.1, 0.15) is 0 Å². The van der Waals surface area contributed by atoms with Crippen LogP contribution in [-0.4, -0.2) is 14.8 Å². The highest BCUT2D eigenvalue weighted by Crippen LogP contribution is 2.33. The van der Waals surface area contributed by atoms with E-state index < -0.39 is 11.1 Å². The third-order valence-electron chi connectivity index (χ3n) is 2.61. The Morgan fingerprint density at radius 1 is 1.42 bits per heavy atom. The van der Waals surface area contributed by atoms with Crippen molar-refractivity contribution in [2.24, 2.45) is 7.05 Å². The van der Waals surface area contributed by atoms with Crippen molar-refractivity contribution in [3.63, 3.8) is 0 Å². The minimum Gasteiger partial charge on any atom is -0.399 e. The van der Waals surface area contributed by atoms with Crippen LogP contribution in [0.15, 0.2) is 39.0 Å². The molecule has 2 rings (SSSR count). The average Bonchev–Trinajstić information content (AvgIpc) is 2.36. The van der Waals surface area contributed by atoms with Crippen molar-refractivity contribution in [1.29, 1.82) is 0 Å². The lowest BCUT2D eigenvalue weighted by Gasteiger charge is -2.13. The Bertz CT molecular complexity index is 707. The van der Waals surface area contributed by atoms with Crippen molar-refractivity contribution in [3.05, 3.63) is 50.5 Å². The van der Waals surface area contributed by atoms with Gasteiger partial charge >= 0.3 is 11.1 Å². The number of hydrogen-bond acceptors (Lipinski definition) is 5. The van der Waals surface area contributed by atoms with Gasteiger partial charge in [-0.1, -0.05) is 23.9 Å². The maximum atomic E-state index is 11.3. The molecule has 0 aliphatic heterocycles. The molecule has 1 unspecified atom stereocenters. The monoisotopic (exact) mass is 278 g/mol. The van der Waals surface area contributed by atoms with Gasteiger partial charge < -0.3 is 5.73 Å². The van der Waals surface area contributed by atoms with E-state index in [4.69, 9.17) is 5.73 Å². The van der Waals surface area contributed by atoms with Crippen molar-refractivity contribution in [2.45, 2.75) is 17.3 Å². The summed E-state index contributed by atoms with van der Waals surface area (Å²) in [5.74, 6) is 0. The number of rotatable bonds is 3. The molecule has 0 aliphatic carbocycles. The number of nitrogens with one attached hydrogen (secondary N) is 1. The minimum absolute atomic E-state index is 0.0625. The third-order valence-corrected chi connectivity index (χ3v) is 3.81. The van der Waals surface area contributed by atoms with Crippen LogP contribution in [0.25, 0.3) is 0 Å². The van der Waals surface area contributed by atoms with Crippen LogP contribution in [0.5, 0.6) is 0 Å². The standard InChI is InChI=1S/C12H14N4O2S/c1-7(8-4-3-5-9(13)6-8)19-12-14-10(17)11(18)15-16(12)2/h3-7H,13H2,1-2H3,(H,15,18). The number of aromatic amines is 1. The highest BCUT2D eigenvalue weighted by atomic mass is 32.2. The van der Waals surface area contributed by atoms with Gasteiger partial charge in [0.05, 0.1) is 0 Å². The van der Waals surface area contributed by atoms with E-state index in [-0.39, 0.29) is 5.25 Å². The summed E-state index contributed by atoms with van der Waals surface area (Å²) in [5, 5.41) is 2.94. The number of aryl methyl sites for hydroxylation is 1. The molecule has 0 saturated carbocycles. The van der Waals surface area contributed by atoms with Gasteiger partial charge in [0.2, 0.25) is 0 Å². The predicted octanol–water partition coefficient (Wildman–Crippen LogP) is 0.904. The van der Waals surface area contributed by atoms with E-state index >= 15 is 0 Å². The van der Waals surface area contributed by atoms with Gasteiger partial charge in [0.15, 0.2) is 5.16 Å². The van der Waals surface area contributed by atoms with Gasteiger partial charge in [-0.05, 0) is 24.6 Å². The second-order valence-electron chi connectivity index (χ2n) is 4.13. The van der Waals surface area contributed by atoms with Crippen LogP contribution in [0.1, 0.15) is 17.7 Å². The number of nitrogen functional groups attached to an aromatic ring is 1. The summed E-state index contributed by atoms with van der Waals surface area (Å²) < 4.78 is 1.44. The molecule has 0 saturated heterocycles.